The molecule has 0 N–H and O–H groups in total. The van der Waals surface area contributed by atoms with Crippen molar-refractivity contribution in [2.75, 3.05) is 20.3 Å². The predicted octanol–water partition coefficient (Wildman–Crippen LogP) is 4.46. The van der Waals surface area contributed by atoms with Crippen molar-refractivity contribution < 1.29 is 9.16 Å². The van der Waals surface area contributed by atoms with E-state index in [4.69, 9.17) is 9.16 Å². The molecule has 0 atom stereocenters. The third kappa shape index (κ3) is 18.1. The first-order valence-corrected chi connectivity index (χ1v) is 10.1. The molecule has 0 aliphatic carbocycles. The van der Waals surface area contributed by atoms with Crippen molar-refractivity contribution in [1.82, 2.24) is 0 Å². The van der Waals surface area contributed by atoms with Gasteiger partial charge in [-0.15, -0.1) is 0 Å². The third-order valence-electron chi connectivity index (χ3n) is 3.57. The number of hydrogen-bond acceptors (Lipinski definition) is 2. The largest absolute Gasteiger partial charge is 0.422 e. The summed E-state index contributed by atoms with van der Waals surface area (Å²) in [5.41, 5.74) is 0. The third-order valence-corrected chi connectivity index (χ3v) is 4.94. The van der Waals surface area contributed by atoms with Crippen molar-refractivity contribution in [3.05, 3.63) is 0 Å². The van der Waals surface area contributed by atoms with Crippen molar-refractivity contribution in [1.29, 1.82) is 0 Å². The van der Waals surface area contributed by atoms with Gasteiger partial charge in [0.05, 0.1) is 13.2 Å². The SMILES string of the molecule is CCCCCCCCCCCCC[SiH2]OCCOC. The number of unbranched alkanes of at least 4 members (excludes halogenated alkanes) is 10. The molecule has 0 spiro atoms. The molecular formula is C16H36O2Si. The number of methoxy groups -OCH3 is 1. The van der Waals surface area contributed by atoms with Crippen molar-refractivity contribution >= 4 is 9.76 Å². The molecule has 0 fully saturated rings. The molecule has 0 aliphatic heterocycles. The Morgan fingerprint density at radius 3 is 1.74 bits per heavy atom. The number of ether oxygens (including phenoxy) is 1. The lowest BCUT2D eigenvalue weighted by Crippen LogP contribution is -2.05. The van der Waals surface area contributed by atoms with E-state index >= 15 is 0 Å². The Balaban J connectivity index is 2.88. The molecule has 0 heterocycles. The zero-order chi connectivity index (χ0) is 14.0. The Morgan fingerprint density at radius 2 is 1.21 bits per heavy atom. The lowest BCUT2D eigenvalue weighted by molar-refractivity contribution is 0.149. The fourth-order valence-corrected chi connectivity index (χ4v) is 3.37. The molecule has 0 aromatic rings. The average Bonchev–Trinajstić information content (AvgIpc) is 2.43. The molecule has 116 valence electrons. The molecule has 0 saturated heterocycles. The second-order valence-corrected chi connectivity index (χ2v) is 7.02. The highest BCUT2D eigenvalue weighted by atomic mass is 28.2. The minimum absolute atomic E-state index is 0.245. The fourth-order valence-electron chi connectivity index (χ4n) is 2.29. The van der Waals surface area contributed by atoms with E-state index < -0.39 is 0 Å². The van der Waals surface area contributed by atoms with E-state index in [1.54, 1.807) is 7.11 Å². The van der Waals surface area contributed by atoms with Crippen LogP contribution in [0.25, 0.3) is 0 Å². The van der Waals surface area contributed by atoms with Gasteiger partial charge in [-0.2, -0.15) is 0 Å². The highest BCUT2D eigenvalue weighted by molar-refractivity contribution is 6.26. The minimum atomic E-state index is -0.245. The normalized spacial score (nSPS) is 11.7. The molecule has 19 heavy (non-hydrogen) atoms. The van der Waals surface area contributed by atoms with E-state index in [1.165, 1.54) is 76.7 Å². The topological polar surface area (TPSA) is 18.5 Å². The minimum Gasteiger partial charge on any atom is -0.422 e. The smallest absolute Gasteiger partial charge is 0.161 e. The zero-order valence-electron chi connectivity index (χ0n) is 13.4. The van der Waals surface area contributed by atoms with Crippen LogP contribution in [0.3, 0.4) is 0 Å². The molecule has 0 bridgehead atoms. The van der Waals surface area contributed by atoms with Crippen molar-refractivity contribution in [2.45, 2.75) is 83.6 Å². The van der Waals surface area contributed by atoms with Crippen LogP contribution in [-0.2, 0) is 9.16 Å². The molecule has 3 heteroatoms. The van der Waals surface area contributed by atoms with Crippen molar-refractivity contribution in [3.63, 3.8) is 0 Å². The molecule has 0 aromatic carbocycles. The van der Waals surface area contributed by atoms with Crippen LogP contribution in [-0.4, -0.2) is 30.1 Å². The summed E-state index contributed by atoms with van der Waals surface area (Å²) in [7, 11) is 1.49. The summed E-state index contributed by atoms with van der Waals surface area (Å²) in [6.07, 6.45) is 15.7. The summed E-state index contributed by atoms with van der Waals surface area (Å²) in [6, 6.07) is 1.35. The van der Waals surface area contributed by atoms with Crippen LogP contribution in [0.2, 0.25) is 6.04 Å². The molecule has 0 unspecified atom stereocenters. The average molecular weight is 289 g/mol. The lowest BCUT2D eigenvalue weighted by Gasteiger charge is -2.04. The summed E-state index contributed by atoms with van der Waals surface area (Å²) in [4.78, 5) is 0. The maximum Gasteiger partial charge on any atom is 0.161 e. The van der Waals surface area contributed by atoms with Crippen LogP contribution < -0.4 is 0 Å². The fraction of sp³-hybridized carbons (Fsp3) is 1.00. The van der Waals surface area contributed by atoms with Gasteiger partial charge < -0.3 is 9.16 Å². The molecule has 0 radical (unpaired) electrons. The van der Waals surface area contributed by atoms with E-state index in [0.29, 0.717) is 0 Å². The summed E-state index contributed by atoms with van der Waals surface area (Å²) < 4.78 is 10.5. The summed E-state index contributed by atoms with van der Waals surface area (Å²) >= 11 is 0. The predicted molar refractivity (Wildman–Crippen MR) is 87.6 cm³/mol. The summed E-state index contributed by atoms with van der Waals surface area (Å²) in [6.45, 7) is 3.84. The molecule has 0 aromatic heterocycles. The van der Waals surface area contributed by atoms with Crippen LogP contribution in [0.15, 0.2) is 0 Å². The van der Waals surface area contributed by atoms with E-state index in [1.807, 2.05) is 0 Å². The Kier molecular flexibility index (Phi) is 18.3. The highest BCUT2D eigenvalue weighted by Crippen LogP contribution is 2.11. The van der Waals surface area contributed by atoms with Crippen molar-refractivity contribution in [2.24, 2.45) is 0 Å². The van der Waals surface area contributed by atoms with Crippen LogP contribution in [0.5, 0.6) is 0 Å². The molecular weight excluding hydrogens is 252 g/mol. The van der Waals surface area contributed by atoms with Gasteiger partial charge in [-0.1, -0.05) is 77.6 Å². The van der Waals surface area contributed by atoms with Gasteiger partial charge >= 0.3 is 0 Å². The molecule has 0 aliphatic rings. The summed E-state index contributed by atoms with van der Waals surface area (Å²) in [5, 5.41) is 0. The molecule has 0 saturated carbocycles. The van der Waals surface area contributed by atoms with Crippen LogP contribution in [0.1, 0.15) is 77.6 Å². The second-order valence-electron chi connectivity index (χ2n) is 5.49. The van der Waals surface area contributed by atoms with Gasteiger partial charge in [0.15, 0.2) is 9.76 Å². The van der Waals surface area contributed by atoms with Gasteiger partial charge in [0, 0.05) is 7.11 Å². The maximum atomic E-state index is 5.58. The quantitative estimate of drug-likeness (QED) is 0.308. The van der Waals surface area contributed by atoms with Crippen molar-refractivity contribution in [3.8, 4) is 0 Å². The van der Waals surface area contributed by atoms with E-state index in [9.17, 15) is 0 Å². The van der Waals surface area contributed by atoms with Crippen LogP contribution in [0.4, 0.5) is 0 Å². The Hall–Kier alpha value is 0.137. The highest BCUT2D eigenvalue weighted by Gasteiger charge is 1.94. The molecule has 0 rings (SSSR count). The van der Waals surface area contributed by atoms with E-state index in [-0.39, 0.29) is 9.76 Å². The first-order chi connectivity index (χ1) is 9.41. The van der Waals surface area contributed by atoms with Gasteiger partial charge in [-0.25, -0.2) is 0 Å². The van der Waals surface area contributed by atoms with Gasteiger partial charge in [0.25, 0.3) is 0 Å². The number of rotatable bonds is 16. The maximum absolute atomic E-state index is 5.58. The standard InChI is InChI=1S/C16H36O2Si/c1-3-4-5-6-7-8-9-10-11-12-13-16-19-18-15-14-17-2/h3-16,19H2,1-2H3. The molecule has 2 nitrogen and oxygen atoms in total. The molecule has 0 amide bonds. The van der Waals surface area contributed by atoms with Gasteiger partial charge in [-0.05, 0) is 6.04 Å². The Labute approximate surface area is 123 Å². The monoisotopic (exact) mass is 288 g/mol. The van der Waals surface area contributed by atoms with Gasteiger partial charge in [-0.3, -0.25) is 0 Å². The number of hydrogen-bond donors (Lipinski definition) is 0. The van der Waals surface area contributed by atoms with Gasteiger partial charge in [0.2, 0.25) is 0 Å². The first-order valence-electron chi connectivity index (χ1n) is 8.48. The summed E-state index contributed by atoms with van der Waals surface area (Å²) in [5.74, 6) is 0. The zero-order valence-corrected chi connectivity index (χ0v) is 14.8. The Bertz CT molecular complexity index is 138. The van der Waals surface area contributed by atoms with Crippen LogP contribution in [0, 0.1) is 0 Å². The van der Waals surface area contributed by atoms with E-state index in [0.717, 1.165) is 13.2 Å². The Morgan fingerprint density at radius 1 is 0.684 bits per heavy atom. The lowest BCUT2D eigenvalue weighted by atomic mass is 10.1. The van der Waals surface area contributed by atoms with Crippen LogP contribution >= 0.6 is 0 Å². The second kappa shape index (κ2) is 18.1. The first kappa shape index (κ1) is 19.1. The van der Waals surface area contributed by atoms with E-state index in [2.05, 4.69) is 6.92 Å². The van der Waals surface area contributed by atoms with Gasteiger partial charge in [0.1, 0.15) is 0 Å².